The van der Waals surface area contributed by atoms with Gasteiger partial charge in [-0.25, -0.2) is 13.4 Å². The van der Waals surface area contributed by atoms with E-state index in [0.29, 0.717) is 0 Å². The lowest BCUT2D eigenvalue weighted by atomic mass is 10.1. The lowest BCUT2D eigenvalue weighted by molar-refractivity contribution is -0.117. The number of aliphatic imine (C=N–C) groups is 1. The number of carbonyl (C=O) groups is 1. The van der Waals surface area contributed by atoms with Crippen LogP contribution in [0.25, 0.3) is 0 Å². The molecule has 13 heteroatoms. The van der Waals surface area contributed by atoms with Gasteiger partial charge in [-0.05, 0) is 30.3 Å². The summed E-state index contributed by atoms with van der Waals surface area (Å²) in [6, 6.07) is 7.91. The van der Waals surface area contributed by atoms with Crippen molar-refractivity contribution in [3.63, 3.8) is 0 Å². The Balaban J connectivity index is 1.80. The highest BCUT2D eigenvalue weighted by Gasteiger charge is 2.37. The lowest BCUT2D eigenvalue weighted by Gasteiger charge is -2.21. The molecule has 0 aliphatic carbocycles. The van der Waals surface area contributed by atoms with Crippen LogP contribution < -0.4 is 14.8 Å². The van der Waals surface area contributed by atoms with Gasteiger partial charge in [0, 0.05) is 5.02 Å². The van der Waals surface area contributed by atoms with Crippen molar-refractivity contribution in [2.75, 3.05) is 6.54 Å². The predicted octanol–water partition coefficient (Wildman–Crippen LogP) is 3.17. The maximum Gasteiger partial charge on any atom is 0.387 e. The molecule has 160 valence electrons. The largest absolute Gasteiger partial charge is 0.434 e. The Hall–Kier alpha value is -2.86. The number of alkyl halides is 4. The molecular formula is C17H12ClF4N3O4S. The average Bonchev–Trinajstić information content (AvgIpc) is 2.66. The second-order valence-electron chi connectivity index (χ2n) is 5.94. The highest BCUT2D eigenvalue weighted by atomic mass is 35.5. The van der Waals surface area contributed by atoms with Crippen LogP contribution >= 0.6 is 11.6 Å². The van der Waals surface area contributed by atoms with E-state index in [-0.39, 0.29) is 15.6 Å². The maximum atomic E-state index is 14.5. The second kappa shape index (κ2) is 8.11. The number of ether oxygens (including phenoxy) is 1. The summed E-state index contributed by atoms with van der Waals surface area (Å²) in [7, 11) is -4.20. The first-order chi connectivity index (χ1) is 14.0. The summed E-state index contributed by atoms with van der Waals surface area (Å²) >= 11 is 5.74. The van der Waals surface area contributed by atoms with E-state index in [2.05, 4.69) is 9.73 Å². The number of nitrogens with zero attached hydrogens (tertiary/aromatic N) is 1. The van der Waals surface area contributed by atoms with Gasteiger partial charge in [0.25, 0.3) is 21.9 Å². The summed E-state index contributed by atoms with van der Waals surface area (Å²) in [6.07, 6.45) is 0. The van der Waals surface area contributed by atoms with Crippen molar-refractivity contribution in [1.82, 2.24) is 10.0 Å². The maximum absolute atomic E-state index is 14.5. The zero-order valence-corrected chi connectivity index (χ0v) is 16.3. The van der Waals surface area contributed by atoms with Crippen molar-refractivity contribution in [2.45, 2.75) is 17.4 Å². The summed E-state index contributed by atoms with van der Waals surface area (Å²) in [5.41, 5.74) is -0.984. The van der Waals surface area contributed by atoms with Crippen LogP contribution in [0.15, 0.2) is 52.4 Å². The smallest absolute Gasteiger partial charge is 0.387 e. The van der Waals surface area contributed by atoms with Gasteiger partial charge in [-0.2, -0.15) is 17.6 Å². The van der Waals surface area contributed by atoms with Crippen molar-refractivity contribution in [2.24, 2.45) is 4.99 Å². The molecule has 2 aromatic carbocycles. The van der Waals surface area contributed by atoms with E-state index in [4.69, 9.17) is 11.6 Å². The van der Waals surface area contributed by atoms with Crippen molar-refractivity contribution in [1.29, 1.82) is 0 Å². The number of rotatable bonds is 6. The van der Waals surface area contributed by atoms with Crippen LogP contribution in [0.1, 0.15) is 5.56 Å². The third kappa shape index (κ3) is 4.65. The number of para-hydroxylation sites is 1. The first kappa shape index (κ1) is 21.8. The van der Waals surface area contributed by atoms with Crippen LogP contribution in [-0.2, 0) is 20.7 Å². The van der Waals surface area contributed by atoms with Gasteiger partial charge in [-0.1, -0.05) is 23.7 Å². The molecule has 0 radical (unpaired) electrons. The molecule has 0 unspecified atom stereocenters. The quantitative estimate of drug-likeness (QED) is 0.640. The Morgan fingerprint density at radius 2 is 1.93 bits per heavy atom. The van der Waals surface area contributed by atoms with Crippen LogP contribution in [0.4, 0.5) is 23.2 Å². The van der Waals surface area contributed by atoms with Gasteiger partial charge in [0.1, 0.15) is 10.6 Å². The van der Waals surface area contributed by atoms with E-state index in [1.807, 2.05) is 10.0 Å². The highest BCUT2D eigenvalue weighted by Crippen LogP contribution is 2.35. The van der Waals surface area contributed by atoms with E-state index >= 15 is 0 Å². The standard InChI is InChI=1S/C17H12ClF4N3O4S/c18-9-5-6-11-13(7-9)30(27,28)25-14(24-11)15(26)23-8-17(21,22)10-3-1-2-4-12(10)29-16(19)20/h1-7,16H,8H2,(H,23,26)(H,24,25). The van der Waals surface area contributed by atoms with Gasteiger partial charge >= 0.3 is 6.61 Å². The van der Waals surface area contributed by atoms with Crippen LogP contribution in [0, 0.1) is 0 Å². The number of amides is 1. The molecule has 2 aromatic rings. The molecule has 3 rings (SSSR count). The lowest BCUT2D eigenvalue weighted by Crippen LogP contribution is -2.46. The molecule has 0 saturated carbocycles. The molecule has 1 amide bonds. The van der Waals surface area contributed by atoms with E-state index < -0.39 is 52.2 Å². The molecule has 0 spiro atoms. The Bertz CT molecular complexity index is 1130. The highest BCUT2D eigenvalue weighted by molar-refractivity contribution is 7.90. The Morgan fingerprint density at radius 3 is 2.63 bits per heavy atom. The summed E-state index contributed by atoms with van der Waals surface area (Å²) in [6.45, 7) is -4.65. The summed E-state index contributed by atoms with van der Waals surface area (Å²) < 4.78 is 84.3. The van der Waals surface area contributed by atoms with Crippen LogP contribution in [-0.4, -0.2) is 33.3 Å². The van der Waals surface area contributed by atoms with Gasteiger partial charge in [-0.3, -0.25) is 9.52 Å². The van der Waals surface area contributed by atoms with Crippen molar-refractivity contribution >= 4 is 39.1 Å². The fraction of sp³-hybridized carbons (Fsp3) is 0.176. The molecule has 0 saturated heterocycles. The molecule has 1 aliphatic heterocycles. The molecule has 0 fully saturated rings. The van der Waals surface area contributed by atoms with Gasteiger partial charge in [0.15, 0.2) is 0 Å². The van der Waals surface area contributed by atoms with Gasteiger partial charge in [0.05, 0.1) is 17.8 Å². The minimum atomic E-state index is -4.20. The summed E-state index contributed by atoms with van der Waals surface area (Å²) in [5, 5.41) is 1.95. The molecule has 0 aromatic heterocycles. The third-order valence-electron chi connectivity index (χ3n) is 3.86. The van der Waals surface area contributed by atoms with Gasteiger partial charge in [0.2, 0.25) is 5.84 Å². The van der Waals surface area contributed by atoms with Gasteiger partial charge in [-0.15, -0.1) is 0 Å². The number of hydrogen-bond donors (Lipinski definition) is 2. The molecule has 2 N–H and O–H groups in total. The van der Waals surface area contributed by atoms with Gasteiger partial charge < -0.3 is 10.1 Å². The van der Waals surface area contributed by atoms with Crippen molar-refractivity contribution in [3.05, 3.63) is 53.1 Å². The van der Waals surface area contributed by atoms with Crippen LogP contribution in [0.3, 0.4) is 0 Å². The van der Waals surface area contributed by atoms with Crippen molar-refractivity contribution < 1.29 is 35.5 Å². The average molecular weight is 466 g/mol. The Morgan fingerprint density at radius 1 is 1.23 bits per heavy atom. The number of carbonyl (C=O) groups excluding carboxylic acids is 1. The van der Waals surface area contributed by atoms with Crippen LogP contribution in [0.2, 0.25) is 5.02 Å². The zero-order valence-electron chi connectivity index (χ0n) is 14.7. The Kier molecular flexibility index (Phi) is 5.90. The third-order valence-corrected chi connectivity index (χ3v) is 5.46. The number of fused-ring (bicyclic) bond motifs is 1. The Labute approximate surface area is 172 Å². The fourth-order valence-corrected chi connectivity index (χ4v) is 3.97. The monoisotopic (exact) mass is 465 g/mol. The molecule has 7 nitrogen and oxygen atoms in total. The number of hydrogen-bond acceptors (Lipinski definition) is 5. The topological polar surface area (TPSA) is 96.9 Å². The molecule has 0 atom stereocenters. The molecular weight excluding hydrogens is 454 g/mol. The predicted molar refractivity (Wildman–Crippen MR) is 98.8 cm³/mol. The number of benzene rings is 2. The van der Waals surface area contributed by atoms with Crippen LogP contribution in [0.5, 0.6) is 5.75 Å². The number of nitrogens with one attached hydrogen (secondary N) is 2. The molecule has 1 aliphatic rings. The number of amidine groups is 1. The fourth-order valence-electron chi connectivity index (χ4n) is 2.56. The van der Waals surface area contributed by atoms with E-state index in [9.17, 15) is 30.8 Å². The zero-order chi connectivity index (χ0) is 22.1. The van der Waals surface area contributed by atoms with E-state index in [1.165, 1.54) is 24.3 Å². The number of halogens is 5. The molecule has 1 heterocycles. The normalized spacial score (nSPS) is 15.1. The molecule has 30 heavy (non-hydrogen) atoms. The SMILES string of the molecule is O=C(NCC(F)(F)c1ccccc1OC(F)F)C1=Nc2ccc(Cl)cc2S(=O)(=O)N1. The number of sulfonamides is 1. The minimum Gasteiger partial charge on any atom is -0.434 e. The second-order valence-corrected chi connectivity index (χ2v) is 8.03. The van der Waals surface area contributed by atoms with E-state index in [1.54, 1.807) is 0 Å². The summed E-state index contributed by atoms with van der Waals surface area (Å²) in [5.74, 6) is -6.54. The summed E-state index contributed by atoms with van der Waals surface area (Å²) in [4.78, 5) is 15.7. The first-order valence-electron chi connectivity index (χ1n) is 8.11. The minimum absolute atomic E-state index is 0.106. The van der Waals surface area contributed by atoms with E-state index in [0.717, 1.165) is 18.2 Å². The first-order valence-corrected chi connectivity index (χ1v) is 9.97. The molecule has 0 bridgehead atoms. The van der Waals surface area contributed by atoms with Crippen molar-refractivity contribution in [3.8, 4) is 5.75 Å².